The third kappa shape index (κ3) is 1.60. The number of aromatic nitrogens is 3. The Labute approximate surface area is 103 Å². The molecule has 0 fully saturated rings. The van der Waals surface area contributed by atoms with Crippen LogP contribution in [0.2, 0.25) is 0 Å². The minimum absolute atomic E-state index is 0.270. The fraction of sp³-hybridized carbons (Fsp3) is 0.0769. The normalized spacial score (nSPS) is 11.0. The van der Waals surface area contributed by atoms with Gasteiger partial charge in [0.25, 0.3) is 0 Å². The van der Waals surface area contributed by atoms with E-state index in [-0.39, 0.29) is 5.82 Å². The van der Waals surface area contributed by atoms with Crippen LogP contribution in [0.4, 0.5) is 10.2 Å². The molecule has 5 heteroatoms. The lowest BCUT2D eigenvalue weighted by molar-refractivity contribution is 0.628. The number of hydrogen-bond acceptors (Lipinski definition) is 3. The first-order chi connectivity index (χ1) is 8.65. The van der Waals surface area contributed by atoms with Crippen LogP contribution in [0, 0.1) is 12.7 Å². The van der Waals surface area contributed by atoms with E-state index in [9.17, 15) is 4.39 Å². The second kappa shape index (κ2) is 3.80. The van der Waals surface area contributed by atoms with Gasteiger partial charge in [-0.1, -0.05) is 0 Å². The third-order valence-corrected chi connectivity index (χ3v) is 2.82. The second-order valence-corrected chi connectivity index (χ2v) is 4.14. The number of nitrogens with two attached hydrogens (primary N) is 1. The lowest BCUT2D eigenvalue weighted by Crippen LogP contribution is -2.01. The summed E-state index contributed by atoms with van der Waals surface area (Å²) in [6.45, 7) is 1.92. The van der Waals surface area contributed by atoms with Gasteiger partial charge in [0.1, 0.15) is 11.6 Å². The van der Waals surface area contributed by atoms with E-state index in [0.29, 0.717) is 17.2 Å². The summed E-state index contributed by atoms with van der Waals surface area (Å²) in [4.78, 5) is 4.49. The van der Waals surface area contributed by atoms with Crippen molar-refractivity contribution in [3.63, 3.8) is 0 Å². The van der Waals surface area contributed by atoms with Crippen LogP contribution < -0.4 is 5.73 Å². The minimum atomic E-state index is -0.270. The molecule has 0 aliphatic rings. The second-order valence-electron chi connectivity index (χ2n) is 4.14. The van der Waals surface area contributed by atoms with Gasteiger partial charge in [-0.2, -0.15) is 9.61 Å². The molecule has 0 bridgehead atoms. The van der Waals surface area contributed by atoms with E-state index in [0.717, 1.165) is 11.1 Å². The Morgan fingerprint density at radius 1 is 1.22 bits per heavy atom. The molecule has 0 atom stereocenters. The first kappa shape index (κ1) is 10.7. The summed E-state index contributed by atoms with van der Waals surface area (Å²) >= 11 is 0. The summed E-state index contributed by atoms with van der Waals surface area (Å²) < 4.78 is 14.5. The van der Waals surface area contributed by atoms with Gasteiger partial charge in [0.15, 0.2) is 5.65 Å². The van der Waals surface area contributed by atoms with Gasteiger partial charge in [0.05, 0.1) is 11.9 Å². The molecule has 0 spiro atoms. The standard InChI is InChI=1S/C13H11FN4/c1-8-7-16-18-12(15)6-11(17-13(8)18)9-2-4-10(14)5-3-9/h2-7H,15H2,1H3. The number of hydrogen-bond donors (Lipinski definition) is 1. The lowest BCUT2D eigenvalue weighted by Gasteiger charge is -2.05. The van der Waals surface area contributed by atoms with Crippen molar-refractivity contribution in [1.29, 1.82) is 0 Å². The van der Waals surface area contributed by atoms with Crippen LogP contribution in [0.3, 0.4) is 0 Å². The van der Waals surface area contributed by atoms with Crippen molar-refractivity contribution in [1.82, 2.24) is 14.6 Å². The van der Waals surface area contributed by atoms with Crippen molar-refractivity contribution in [2.75, 3.05) is 5.73 Å². The molecule has 18 heavy (non-hydrogen) atoms. The minimum Gasteiger partial charge on any atom is -0.384 e. The molecule has 1 aromatic carbocycles. The smallest absolute Gasteiger partial charge is 0.160 e. The van der Waals surface area contributed by atoms with Gasteiger partial charge in [0.2, 0.25) is 0 Å². The molecule has 0 aliphatic carbocycles. The SMILES string of the molecule is Cc1cnn2c(N)cc(-c3ccc(F)cc3)nc12. The number of aryl methyl sites for hydroxylation is 1. The van der Waals surface area contributed by atoms with Crippen LogP contribution in [0.5, 0.6) is 0 Å². The van der Waals surface area contributed by atoms with E-state index in [1.54, 1.807) is 28.9 Å². The molecule has 90 valence electrons. The van der Waals surface area contributed by atoms with Crippen LogP contribution >= 0.6 is 0 Å². The number of nitrogen functional groups attached to an aromatic ring is 1. The van der Waals surface area contributed by atoms with Crippen LogP contribution in [-0.2, 0) is 0 Å². The average molecular weight is 242 g/mol. The Hall–Kier alpha value is -2.43. The van der Waals surface area contributed by atoms with E-state index in [4.69, 9.17) is 5.73 Å². The number of benzene rings is 1. The van der Waals surface area contributed by atoms with E-state index in [1.165, 1.54) is 12.1 Å². The molecule has 3 aromatic rings. The van der Waals surface area contributed by atoms with Crippen molar-refractivity contribution in [3.05, 3.63) is 47.9 Å². The van der Waals surface area contributed by atoms with Crippen LogP contribution in [0.15, 0.2) is 36.5 Å². The van der Waals surface area contributed by atoms with Crippen LogP contribution in [0.25, 0.3) is 16.9 Å². The van der Waals surface area contributed by atoms with E-state index in [1.807, 2.05) is 6.92 Å². The Balaban J connectivity index is 2.23. The lowest BCUT2D eigenvalue weighted by atomic mass is 10.1. The van der Waals surface area contributed by atoms with Gasteiger partial charge >= 0.3 is 0 Å². The number of fused-ring (bicyclic) bond motifs is 1. The van der Waals surface area contributed by atoms with Crippen molar-refractivity contribution in [2.45, 2.75) is 6.92 Å². The topological polar surface area (TPSA) is 56.2 Å². The van der Waals surface area contributed by atoms with Crippen molar-refractivity contribution in [2.24, 2.45) is 0 Å². The van der Waals surface area contributed by atoms with Crippen molar-refractivity contribution in [3.8, 4) is 11.3 Å². The summed E-state index contributed by atoms with van der Waals surface area (Å²) in [5.41, 5.74) is 9.13. The first-order valence-corrected chi connectivity index (χ1v) is 5.52. The van der Waals surface area contributed by atoms with Crippen LogP contribution in [0.1, 0.15) is 5.56 Å². The summed E-state index contributed by atoms with van der Waals surface area (Å²) in [7, 11) is 0. The number of nitrogens with zero attached hydrogens (tertiary/aromatic N) is 3. The highest BCUT2D eigenvalue weighted by atomic mass is 19.1. The Morgan fingerprint density at radius 3 is 2.67 bits per heavy atom. The van der Waals surface area contributed by atoms with Gasteiger partial charge in [-0.15, -0.1) is 0 Å². The maximum Gasteiger partial charge on any atom is 0.160 e. The maximum absolute atomic E-state index is 12.9. The first-order valence-electron chi connectivity index (χ1n) is 5.52. The van der Waals surface area contributed by atoms with Gasteiger partial charge in [0, 0.05) is 17.2 Å². The fourth-order valence-electron chi connectivity index (χ4n) is 1.86. The van der Waals surface area contributed by atoms with Crippen molar-refractivity contribution >= 4 is 11.5 Å². The largest absolute Gasteiger partial charge is 0.384 e. The number of anilines is 1. The predicted octanol–water partition coefficient (Wildman–Crippen LogP) is 2.43. The van der Waals surface area contributed by atoms with Gasteiger partial charge in [-0.05, 0) is 31.2 Å². The van der Waals surface area contributed by atoms with Crippen LogP contribution in [-0.4, -0.2) is 14.6 Å². The molecule has 0 saturated carbocycles. The molecule has 4 nitrogen and oxygen atoms in total. The summed E-state index contributed by atoms with van der Waals surface area (Å²) in [6, 6.07) is 7.90. The Kier molecular flexibility index (Phi) is 2.26. The van der Waals surface area contributed by atoms with Crippen molar-refractivity contribution < 1.29 is 4.39 Å². The quantitative estimate of drug-likeness (QED) is 0.713. The summed E-state index contributed by atoms with van der Waals surface area (Å²) in [5.74, 6) is 0.237. The zero-order valence-electron chi connectivity index (χ0n) is 9.76. The molecule has 2 N–H and O–H groups in total. The highest BCUT2D eigenvalue weighted by Crippen LogP contribution is 2.22. The molecule has 0 radical (unpaired) electrons. The Bertz CT molecular complexity index is 716. The molecule has 0 saturated heterocycles. The highest BCUT2D eigenvalue weighted by Gasteiger charge is 2.08. The summed E-state index contributed by atoms with van der Waals surface area (Å²) in [6.07, 6.45) is 1.72. The Morgan fingerprint density at radius 2 is 1.94 bits per heavy atom. The highest BCUT2D eigenvalue weighted by molar-refractivity contribution is 5.66. The molecule has 2 aromatic heterocycles. The molecular weight excluding hydrogens is 231 g/mol. The van der Waals surface area contributed by atoms with E-state index < -0.39 is 0 Å². The molecule has 0 amide bonds. The predicted molar refractivity (Wildman–Crippen MR) is 67.5 cm³/mol. The maximum atomic E-state index is 12.9. The zero-order valence-corrected chi connectivity index (χ0v) is 9.76. The monoisotopic (exact) mass is 242 g/mol. The molecular formula is C13H11FN4. The fourth-order valence-corrected chi connectivity index (χ4v) is 1.86. The average Bonchev–Trinajstić information content (AvgIpc) is 2.73. The number of rotatable bonds is 1. The van der Waals surface area contributed by atoms with E-state index in [2.05, 4.69) is 10.1 Å². The van der Waals surface area contributed by atoms with E-state index >= 15 is 0 Å². The molecule has 0 unspecified atom stereocenters. The van der Waals surface area contributed by atoms with Gasteiger partial charge in [-0.3, -0.25) is 0 Å². The van der Waals surface area contributed by atoms with Gasteiger partial charge in [-0.25, -0.2) is 9.37 Å². The molecule has 3 rings (SSSR count). The molecule has 0 aliphatic heterocycles. The van der Waals surface area contributed by atoms with Gasteiger partial charge < -0.3 is 5.73 Å². The summed E-state index contributed by atoms with van der Waals surface area (Å²) in [5, 5.41) is 4.14. The third-order valence-electron chi connectivity index (χ3n) is 2.82. The zero-order chi connectivity index (χ0) is 12.7. The number of halogens is 1. The molecule has 2 heterocycles.